The molecule has 0 radical (unpaired) electrons. The third kappa shape index (κ3) is 3.81. The minimum absolute atomic E-state index is 0.0551. The molecule has 0 aliphatic heterocycles. The molecule has 0 fully saturated rings. The zero-order chi connectivity index (χ0) is 17.0. The van der Waals surface area contributed by atoms with Crippen LogP contribution in [0.15, 0.2) is 23.0 Å². The largest absolute Gasteiger partial charge is 0.326 e. The Bertz CT molecular complexity index is 756. The van der Waals surface area contributed by atoms with Gasteiger partial charge >= 0.3 is 0 Å². The summed E-state index contributed by atoms with van der Waals surface area (Å²) < 4.78 is 0. The summed E-state index contributed by atoms with van der Waals surface area (Å²) in [6, 6.07) is 5.70. The number of pyridine rings is 1. The van der Waals surface area contributed by atoms with Gasteiger partial charge in [-0.25, -0.2) is 0 Å². The van der Waals surface area contributed by atoms with Gasteiger partial charge in [0.2, 0.25) is 5.91 Å². The fourth-order valence-electron chi connectivity index (χ4n) is 2.99. The van der Waals surface area contributed by atoms with E-state index in [0.29, 0.717) is 0 Å². The highest BCUT2D eigenvalue weighted by Crippen LogP contribution is 2.22. The molecule has 0 spiro atoms. The number of hydrogen-bond acceptors (Lipinski definition) is 2. The number of carbonyl (C=O) groups excluding carboxylic acids is 1. The average Bonchev–Trinajstić information content (AvgIpc) is 2.52. The lowest BCUT2D eigenvalue weighted by Crippen LogP contribution is -2.22. The summed E-state index contributed by atoms with van der Waals surface area (Å²) >= 11 is 0. The molecule has 0 saturated carbocycles. The summed E-state index contributed by atoms with van der Waals surface area (Å²) in [5.74, 6) is 0.124. The molecule has 0 aliphatic rings. The lowest BCUT2D eigenvalue weighted by molar-refractivity contribution is -0.120. The molecule has 0 atom stereocenters. The van der Waals surface area contributed by atoms with E-state index in [9.17, 15) is 9.59 Å². The van der Waals surface area contributed by atoms with Gasteiger partial charge in [-0.15, -0.1) is 0 Å². The van der Waals surface area contributed by atoms with Crippen molar-refractivity contribution in [1.82, 2.24) is 4.98 Å². The molecule has 1 aromatic carbocycles. The van der Waals surface area contributed by atoms with Gasteiger partial charge in [0, 0.05) is 22.6 Å². The third-order valence-electron chi connectivity index (χ3n) is 4.49. The number of aromatic amines is 1. The quantitative estimate of drug-likeness (QED) is 0.835. The first-order valence-corrected chi connectivity index (χ1v) is 8.42. The molecule has 2 rings (SSSR count). The predicted molar refractivity (Wildman–Crippen MR) is 96.0 cm³/mol. The van der Waals surface area contributed by atoms with Crippen LogP contribution in [0.3, 0.4) is 0 Å². The summed E-state index contributed by atoms with van der Waals surface area (Å²) in [5, 5.41) is 4.01. The highest BCUT2D eigenvalue weighted by molar-refractivity contribution is 5.95. The van der Waals surface area contributed by atoms with Crippen LogP contribution in [-0.2, 0) is 4.79 Å². The SMILES string of the molecule is CCCC(CCC)C(=O)Nc1ccc2c(C)c(C)c(=O)[nH]c2c1. The fraction of sp³-hybridized carbons (Fsp3) is 0.474. The van der Waals surface area contributed by atoms with Crippen molar-refractivity contribution < 1.29 is 4.79 Å². The van der Waals surface area contributed by atoms with Crippen LogP contribution < -0.4 is 10.9 Å². The number of fused-ring (bicyclic) bond motifs is 1. The number of amides is 1. The van der Waals surface area contributed by atoms with Gasteiger partial charge in [0.25, 0.3) is 5.56 Å². The molecule has 23 heavy (non-hydrogen) atoms. The zero-order valence-corrected chi connectivity index (χ0v) is 14.5. The molecule has 4 nitrogen and oxygen atoms in total. The van der Waals surface area contributed by atoms with Crippen molar-refractivity contribution in [3.05, 3.63) is 39.7 Å². The van der Waals surface area contributed by atoms with Crippen LogP contribution in [-0.4, -0.2) is 10.9 Å². The Morgan fingerprint density at radius 2 is 1.78 bits per heavy atom. The number of carbonyl (C=O) groups is 1. The van der Waals surface area contributed by atoms with Crippen LogP contribution in [0.4, 0.5) is 5.69 Å². The van der Waals surface area contributed by atoms with E-state index in [2.05, 4.69) is 24.1 Å². The van der Waals surface area contributed by atoms with Gasteiger partial charge in [0.1, 0.15) is 0 Å². The van der Waals surface area contributed by atoms with Crippen molar-refractivity contribution in [2.24, 2.45) is 5.92 Å². The van der Waals surface area contributed by atoms with Gasteiger partial charge in [-0.1, -0.05) is 32.8 Å². The minimum atomic E-state index is -0.0756. The first-order valence-electron chi connectivity index (χ1n) is 8.42. The summed E-state index contributed by atoms with van der Waals surface area (Å²) in [4.78, 5) is 27.2. The first kappa shape index (κ1) is 17.3. The van der Waals surface area contributed by atoms with Crippen LogP contribution in [0.1, 0.15) is 50.7 Å². The van der Waals surface area contributed by atoms with E-state index in [-0.39, 0.29) is 17.4 Å². The van der Waals surface area contributed by atoms with E-state index < -0.39 is 0 Å². The monoisotopic (exact) mass is 314 g/mol. The van der Waals surface area contributed by atoms with Gasteiger partial charge in [-0.05, 0) is 44.4 Å². The van der Waals surface area contributed by atoms with Gasteiger partial charge in [0.05, 0.1) is 5.52 Å². The van der Waals surface area contributed by atoms with Crippen molar-refractivity contribution in [3.63, 3.8) is 0 Å². The number of hydrogen-bond donors (Lipinski definition) is 2. The maximum absolute atomic E-state index is 12.4. The van der Waals surface area contributed by atoms with Crippen molar-refractivity contribution in [1.29, 1.82) is 0 Å². The number of H-pyrrole nitrogens is 1. The summed E-state index contributed by atoms with van der Waals surface area (Å²) in [5.41, 5.74) is 3.14. The second-order valence-electron chi connectivity index (χ2n) is 6.23. The van der Waals surface area contributed by atoms with Crippen molar-refractivity contribution in [2.45, 2.75) is 53.4 Å². The predicted octanol–water partition coefficient (Wildman–Crippen LogP) is 4.30. The Morgan fingerprint density at radius 3 is 2.39 bits per heavy atom. The van der Waals surface area contributed by atoms with Crippen molar-refractivity contribution in [2.75, 3.05) is 5.32 Å². The fourth-order valence-corrected chi connectivity index (χ4v) is 2.99. The second kappa shape index (κ2) is 7.44. The molecule has 1 aromatic heterocycles. The molecule has 1 amide bonds. The van der Waals surface area contributed by atoms with Crippen molar-refractivity contribution >= 4 is 22.5 Å². The van der Waals surface area contributed by atoms with E-state index >= 15 is 0 Å². The van der Waals surface area contributed by atoms with Gasteiger partial charge < -0.3 is 10.3 Å². The Morgan fingerprint density at radius 1 is 1.13 bits per heavy atom. The molecular weight excluding hydrogens is 288 g/mol. The summed E-state index contributed by atoms with van der Waals surface area (Å²) in [6.45, 7) is 7.97. The van der Waals surface area contributed by atoms with Crippen LogP contribution >= 0.6 is 0 Å². The Balaban J connectivity index is 2.29. The first-order chi connectivity index (χ1) is 11.0. The molecule has 0 unspecified atom stereocenters. The average molecular weight is 314 g/mol. The molecule has 0 aliphatic carbocycles. The van der Waals surface area contributed by atoms with Crippen LogP contribution in [0.25, 0.3) is 10.9 Å². The normalized spacial score (nSPS) is 11.2. The molecule has 0 bridgehead atoms. The lowest BCUT2D eigenvalue weighted by Gasteiger charge is -2.16. The van der Waals surface area contributed by atoms with Crippen molar-refractivity contribution in [3.8, 4) is 0 Å². The van der Waals surface area contributed by atoms with E-state index in [4.69, 9.17) is 0 Å². The Kier molecular flexibility index (Phi) is 5.59. The molecule has 2 aromatic rings. The molecular formula is C19H26N2O2. The van der Waals surface area contributed by atoms with Gasteiger partial charge in [-0.3, -0.25) is 9.59 Å². The zero-order valence-electron chi connectivity index (χ0n) is 14.5. The number of aryl methyl sites for hydroxylation is 1. The standard InChI is InChI=1S/C19H26N2O2/c1-5-7-14(8-6-2)19(23)20-15-9-10-16-12(3)13(4)18(22)21-17(16)11-15/h9-11,14H,5-8H2,1-4H3,(H,20,23)(H,21,22). The highest BCUT2D eigenvalue weighted by atomic mass is 16.2. The Labute approximate surface area is 137 Å². The smallest absolute Gasteiger partial charge is 0.251 e. The van der Waals surface area contributed by atoms with Crippen LogP contribution in [0, 0.1) is 19.8 Å². The summed E-state index contributed by atoms with van der Waals surface area (Å²) in [6.07, 6.45) is 3.81. The van der Waals surface area contributed by atoms with E-state index in [1.165, 1.54) is 0 Å². The van der Waals surface area contributed by atoms with Gasteiger partial charge in [0.15, 0.2) is 0 Å². The topological polar surface area (TPSA) is 62.0 Å². The minimum Gasteiger partial charge on any atom is -0.326 e. The molecule has 0 saturated heterocycles. The molecule has 4 heteroatoms. The maximum atomic E-state index is 12.4. The Hall–Kier alpha value is -2.10. The van der Waals surface area contributed by atoms with Gasteiger partial charge in [-0.2, -0.15) is 0 Å². The molecule has 124 valence electrons. The highest BCUT2D eigenvalue weighted by Gasteiger charge is 2.17. The number of anilines is 1. The summed E-state index contributed by atoms with van der Waals surface area (Å²) in [7, 11) is 0. The number of aromatic nitrogens is 1. The maximum Gasteiger partial charge on any atom is 0.251 e. The number of benzene rings is 1. The van der Waals surface area contributed by atoms with E-state index in [1.807, 2.05) is 32.0 Å². The van der Waals surface area contributed by atoms with E-state index in [1.54, 1.807) is 0 Å². The molecule has 1 heterocycles. The number of rotatable bonds is 6. The van der Waals surface area contributed by atoms with E-state index in [0.717, 1.165) is 53.4 Å². The second-order valence-corrected chi connectivity index (χ2v) is 6.23. The number of nitrogens with one attached hydrogen (secondary N) is 2. The van der Waals surface area contributed by atoms with Crippen LogP contribution in [0.5, 0.6) is 0 Å². The van der Waals surface area contributed by atoms with Crippen LogP contribution in [0.2, 0.25) is 0 Å². The lowest BCUT2D eigenvalue weighted by atomic mass is 9.97. The third-order valence-corrected chi connectivity index (χ3v) is 4.49. The molecule has 2 N–H and O–H groups in total.